The second-order valence-electron chi connectivity index (χ2n) is 7.31. The van der Waals surface area contributed by atoms with Crippen molar-refractivity contribution in [3.8, 4) is 0 Å². The highest BCUT2D eigenvalue weighted by Crippen LogP contribution is 2.21. The predicted molar refractivity (Wildman–Crippen MR) is 109 cm³/mol. The van der Waals surface area contributed by atoms with Crippen molar-refractivity contribution >= 4 is 15.9 Å². The van der Waals surface area contributed by atoms with Crippen molar-refractivity contribution in [3.05, 3.63) is 35.9 Å². The van der Waals surface area contributed by atoms with E-state index in [1.54, 1.807) is 0 Å². The fourth-order valence-corrected chi connectivity index (χ4v) is 5.27. The first kappa shape index (κ1) is 21.9. The van der Waals surface area contributed by atoms with Crippen LogP contribution in [0.1, 0.15) is 44.6 Å². The molecule has 7 heteroatoms. The molecule has 0 aliphatic carbocycles. The third kappa shape index (κ3) is 6.90. The van der Waals surface area contributed by atoms with E-state index in [4.69, 9.17) is 0 Å². The van der Waals surface area contributed by atoms with Gasteiger partial charge in [0, 0.05) is 19.6 Å². The molecular formula is C20H33N3O3S. The van der Waals surface area contributed by atoms with E-state index >= 15 is 0 Å². The molecule has 6 nitrogen and oxygen atoms in total. The molecule has 1 heterocycles. The van der Waals surface area contributed by atoms with Crippen LogP contribution >= 0.6 is 0 Å². The minimum absolute atomic E-state index is 0.112. The van der Waals surface area contributed by atoms with E-state index in [1.807, 2.05) is 25.1 Å². The number of carbonyl (C=O) groups is 1. The zero-order valence-electron chi connectivity index (χ0n) is 16.6. The van der Waals surface area contributed by atoms with Gasteiger partial charge in [-0.2, -0.15) is 4.31 Å². The quantitative estimate of drug-likeness (QED) is 0.617. The smallest absolute Gasteiger partial charge is 0.238 e. The largest absolute Gasteiger partial charge is 0.355 e. The molecule has 0 radical (unpaired) electrons. The summed E-state index contributed by atoms with van der Waals surface area (Å²) in [5.41, 5.74) is 1.27. The fraction of sp³-hybridized carbons (Fsp3) is 0.650. The van der Waals surface area contributed by atoms with Crippen LogP contribution in [-0.2, 0) is 21.4 Å². The molecule has 1 aliphatic heterocycles. The Balaban J connectivity index is 1.76. The summed E-state index contributed by atoms with van der Waals surface area (Å²) in [7, 11) is -1.28. The van der Waals surface area contributed by atoms with Crippen LogP contribution < -0.4 is 5.32 Å². The van der Waals surface area contributed by atoms with Gasteiger partial charge in [0.15, 0.2) is 0 Å². The number of amides is 1. The van der Waals surface area contributed by atoms with Gasteiger partial charge in [-0.3, -0.25) is 4.79 Å². The lowest BCUT2D eigenvalue weighted by Gasteiger charge is -2.33. The van der Waals surface area contributed by atoms with E-state index in [9.17, 15) is 13.2 Å². The summed E-state index contributed by atoms with van der Waals surface area (Å²) in [6.45, 7) is 4.62. The number of hydrogen-bond acceptors (Lipinski definition) is 4. The molecule has 1 aliphatic rings. The molecule has 1 N–H and O–H groups in total. The van der Waals surface area contributed by atoms with Crippen LogP contribution in [0.15, 0.2) is 30.3 Å². The topological polar surface area (TPSA) is 69.7 Å². The average Bonchev–Trinajstić information content (AvgIpc) is 2.66. The Morgan fingerprint density at radius 2 is 2.00 bits per heavy atom. The molecule has 27 heavy (non-hydrogen) atoms. The Morgan fingerprint density at radius 1 is 1.26 bits per heavy atom. The van der Waals surface area contributed by atoms with Crippen LogP contribution in [0.25, 0.3) is 0 Å². The van der Waals surface area contributed by atoms with E-state index in [-0.39, 0.29) is 11.7 Å². The summed E-state index contributed by atoms with van der Waals surface area (Å²) >= 11 is 0. The maximum atomic E-state index is 12.6. The van der Waals surface area contributed by atoms with Crippen molar-refractivity contribution in [3.63, 3.8) is 0 Å². The maximum Gasteiger partial charge on any atom is 0.238 e. The molecule has 1 fully saturated rings. The van der Waals surface area contributed by atoms with Gasteiger partial charge >= 0.3 is 0 Å². The van der Waals surface area contributed by atoms with Crippen LogP contribution in [0, 0.1) is 0 Å². The fourth-order valence-electron chi connectivity index (χ4n) is 3.53. The Kier molecular flexibility index (Phi) is 8.73. The summed E-state index contributed by atoms with van der Waals surface area (Å²) < 4.78 is 26.3. The molecule has 1 atom stereocenters. The van der Waals surface area contributed by atoms with Gasteiger partial charge in [-0.15, -0.1) is 0 Å². The first-order chi connectivity index (χ1) is 12.9. The Labute approximate surface area is 164 Å². The van der Waals surface area contributed by atoms with Gasteiger partial charge in [-0.05, 0) is 44.8 Å². The molecule has 0 saturated carbocycles. The van der Waals surface area contributed by atoms with E-state index in [0.717, 1.165) is 32.4 Å². The first-order valence-electron chi connectivity index (χ1n) is 9.93. The summed E-state index contributed by atoms with van der Waals surface area (Å²) in [6.07, 6.45) is 3.75. The SMILES string of the molecule is CCCS(=O)(=O)N1CCCCC1C(=O)NCCCN(C)Cc1ccccc1. The minimum atomic E-state index is -3.34. The number of nitrogens with zero attached hydrogens (tertiary/aromatic N) is 2. The highest BCUT2D eigenvalue weighted by Gasteiger charge is 2.35. The van der Waals surface area contributed by atoms with Crippen molar-refractivity contribution in [1.29, 1.82) is 0 Å². The van der Waals surface area contributed by atoms with E-state index in [2.05, 4.69) is 29.4 Å². The number of sulfonamides is 1. The zero-order chi connectivity index (χ0) is 19.7. The third-order valence-corrected chi connectivity index (χ3v) is 6.96. The summed E-state index contributed by atoms with van der Waals surface area (Å²) in [4.78, 5) is 14.8. The molecule has 1 aromatic carbocycles. The Morgan fingerprint density at radius 3 is 2.70 bits per heavy atom. The van der Waals surface area contributed by atoms with Crippen molar-refractivity contribution in [2.24, 2.45) is 0 Å². The van der Waals surface area contributed by atoms with Crippen molar-refractivity contribution < 1.29 is 13.2 Å². The van der Waals surface area contributed by atoms with Gasteiger partial charge in [-0.1, -0.05) is 43.7 Å². The van der Waals surface area contributed by atoms with Crippen molar-refractivity contribution in [2.75, 3.05) is 32.4 Å². The number of nitrogens with one attached hydrogen (secondary N) is 1. The molecule has 0 bridgehead atoms. The van der Waals surface area contributed by atoms with Gasteiger partial charge in [0.1, 0.15) is 6.04 Å². The summed E-state index contributed by atoms with van der Waals surface area (Å²) in [6, 6.07) is 9.74. The Bertz CT molecular complexity index is 679. The van der Waals surface area contributed by atoms with Crippen LogP contribution in [0.5, 0.6) is 0 Å². The lowest BCUT2D eigenvalue weighted by atomic mass is 10.0. The lowest BCUT2D eigenvalue weighted by molar-refractivity contribution is -0.125. The van der Waals surface area contributed by atoms with Crippen LogP contribution in [0.4, 0.5) is 0 Å². The van der Waals surface area contributed by atoms with E-state index in [0.29, 0.717) is 25.9 Å². The monoisotopic (exact) mass is 395 g/mol. The second-order valence-corrected chi connectivity index (χ2v) is 9.35. The van der Waals surface area contributed by atoms with Gasteiger partial charge < -0.3 is 10.2 Å². The molecule has 0 spiro atoms. The standard InChI is InChI=1S/C20H33N3O3S/c1-3-16-27(25,26)23-15-8-7-12-19(23)20(24)21-13-9-14-22(2)17-18-10-5-4-6-11-18/h4-6,10-11,19H,3,7-9,12-17H2,1-2H3,(H,21,24). The molecule has 1 amide bonds. The second kappa shape index (κ2) is 10.8. The van der Waals surface area contributed by atoms with Gasteiger partial charge in [0.05, 0.1) is 5.75 Å². The predicted octanol–water partition coefficient (Wildman–Crippen LogP) is 2.22. The maximum absolute atomic E-state index is 12.6. The summed E-state index contributed by atoms with van der Waals surface area (Å²) in [5, 5.41) is 2.94. The molecular weight excluding hydrogens is 362 g/mol. The highest BCUT2D eigenvalue weighted by molar-refractivity contribution is 7.89. The van der Waals surface area contributed by atoms with Gasteiger partial charge in [0.2, 0.25) is 15.9 Å². The number of hydrogen-bond donors (Lipinski definition) is 1. The van der Waals surface area contributed by atoms with E-state index in [1.165, 1.54) is 9.87 Å². The molecule has 152 valence electrons. The molecule has 0 aromatic heterocycles. The van der Waals surface area contributed by atoms with Crippen molar-refractivity contribution in [2.45, 2.75) is 51.6 Å². The summed E-state index contributed by atoms with van der Waals surface area (Å²) in [5.74, 6) is -0.0405. The van der Waals surface area contributed by atoms with Gasteiger partial charge in [-0.25, -0.2) is 8.42 Å². The zero-order valence-corrected chi connectivity index (χ0v) is 17.4. The minimum Gasteiger partial charge on any atom is -0.355 e. The molecule has 1 saturated heterocycles. The normalized spacial score (nSPS) is 18.6. The van der Waals surface area contributed by atoms with Crippen LogP contribution in [-0.4, -0.2) is 62.0 Å². The average molecular weight is 396 g/mol. The number of benzene rings is 1. The van der Waals surface area contributed by atoms with Crippen LogP contribution in [0.2, 0.25) is 0 Å². The highest BCUT2D eigenvalue weighted by atomic mass is 32.2. The lowest BCUT2D eigenvalue weighted by Crippen LogP contribution is -2.52. The number of piperidine rings is 1. The van der Waals surface area contributed by atoms with Crippen molar-refractivity contribution in [1.82, 2.24) is 14.5 Å². The molecule has 1 unspecified atom stereocenters. The number of rotatable bonds is 10. The Hall–Kier alpha value is -1.44. The number of carbonyl (C=O) groups excluding carboxylic acids is 1. The van der Waals surface area contributed by atoms with Crippen LogP contribution in [0.3, 0.4) is 0 Å². The molecule has 2 rings (SSSR count). The van der Waals surface area contributed by atoms with E-state index < -0.39 is 16.1 Å². The van der Waals surface area contributed by atoms with Gasteiger partial charge in [0.25, 0.3) is 0 Å². The molecule has 1 aromatic rings. The first-order valence-corrected chi connectivity index (χ1v) is 11.5. The third-order valence-electron chi connectivity index (χ3n) is 4.89.